The minimum absolute atomic E-state index is 0.389. The largest absolute Gasteiger partial charge is 0.384 e. The third-order valence-corrected chi connectivity index (χ3v) is 3.85. The molecule has 0 bridgehead atoms. The van der Waals surface area contributed by atoms with Crippen molar-refractivity contribution in [2.45, 2.75) is 13.3 Å². The number of H-pyrrole nitrogens is 1. The van der Waals surface area contributed by atoms with Gasteiger partial charge in [0, 0.05) is 29.6 Å². The lowest BCUT2D eigenvalue weighted by atomic mass is 10.1. The van der Waals surface area contributed by atoms with Gasteiger partial charge in [-0.3, -0.25) is 5.10 Å². The van der Waals surface area contributed by atoms with Crippen molar-refractivity contribution in [1.29, 1.82) is 0 Å². The molecule has 7 nitrogen and oxygen atoms in total. The number of hydrogen-bond acceptors (Lipinski definition) is 6. The Morgan fingerprint density at radius 1 is 1.22 bits per heavy atom. The smallest absolute Gasteiger partial charge is 0.153 e. The van der Waals surface area contributed by atoms with E-state index in [0.717, 1.165) is 29.9 Å². The molecule has 1 aliphatic heterocycles. The van der Waals surface area contributed by atoms with Gasteiger partial charge in [0.05, 0.1) is 6.20 Å². The highest BCUT2D eigenvalue weighted by Gasteiger charge is 2.13. The first-order chi connectivity index (χ1) is 11.2. The van der Waals surface area contributed by atoms with Crippen molar-refractivity contribution < 1.29 is 0 Å². The first kappa shape index (κ1) is 13.6. The topological polar surface area (TPSA) is 105 Å². The summed E-state index contributed by atoms with van der Waals surface area (Å²) in [6.45, 7) is 2.91. The Morgan fingerprint density at radius 2 is 2.13 bits per heavy atom. The zero-order valence-corrected chi connectivity index (χ0v) is 12.7. The Hall–Kier alpha value is -3.09. The molecule has 116 valence electrons. The Kier molecular flexibility index (Phi) is 3.11. The molecule has 0 fully saturated rings. The number of nitrogens with one attached hydrogen (secondary N) is 3. The highest BCUT2D eigenvalue weighted by molar-refractivity contribution is 5.75. The number of aromatic nitrogens is 4. The predicted molar refractivity (Wildman–Crippen MR) is 90.7 cm³/mol. The Labute approximate surface area is 133 Å². The highest BCUT2D eigenvalue weighted by Crippen LogP contribution is 2.30. The molecule has 0 unspecified atom stereocenters. The van der Waals surface area contributed by atoms with Gasteiger partial charge in [0.15, 0.2) is 17.5 Å². The molecular formula is C16H17N7. The Bertz CT molecular complexity index is 869. The van der Waals surface area contributed by atoms with E-state index in [0.29, 0.717) is 23.1 Å². The molecule has 3 aromatic rings. The summed E-state index contributed by atoms with van der Waals surface area (Å²) >= 11 is 0. The van der Waals surface area contributed by atoms with Crippen LogP contribution in [0, 0.1) is 6.92 Å². The van der Waals surface area contributed by atoms with Crippen molar-refractivity contribution in [3.63, 3.8) is 0 Å². The third-order valence-electron chi connectivity index (χ3n) is 3.85. The second kappa shape index (κ2) is 5.28. The lowest BCUT2D eigenvalue weighted by Crippen LogP contribution is -2.02. The number of aromatic amines is 1. The second-order valence-corrected chi connectivity index (χ2v) is 5.60. The zero-order valence-electron chi connectivity index (χ0n) is 12.7. The zero-order chi connectivity index (χ0) is 15.8. The van der Waals surface area contributed by atoms with Crippen LogP contribution in [0.5, 0.6) is 0 Å². The average molecular weight is 307 g/mol. The van der Waals surface area contributed by atoms with E-state index < -0.39 is 0 Å². The summed E-state index contributed by atoms with van der Waals surface area (Å²) in [4.78, 5) is 8.84. The van der Waals surface area contributed by atoms with Crippen LogP contribution < -0.4 is 16.4 Å². The van der Waals surface area contributed by atoms with Crippen LogP contribution in [0.4, 0.5) is 23.1 Å². The monoisotopic (exact) mass is 307 g/mol. The van der Waals surface area contributed by atoms with Crippen LogP contribution >= 0.6 is 0 Å². The minimum atomic E-state index is 0.389. The summed E-state index contributed by atoms with van der Waals surface area (Å²) in [6.07, 6.45) is 2.72. The molecule has 3 heterocycles. The van der Waals surface area contributed by atoms with Crippen LogP contribution in [0.2, 0.25) is 0 Å². The van der Waals surface area contributed by atoms with Crippen LogP contribution in [0.3, 0.4) is 0 Å². The van der Waals surface area contributed by atoms with Crippen molar-refractivity contribution in [2.75, 3.05) is 22.9 Å². The van der Waals surface area contributed by atoms with Crippen molar-refractivity contribution >= 4 is 23.1 Å². The molecule has 23 heavy (non-hydrogen) atoms. The molecule has 0 saturated carbocycles. The lowest BCUT2D eigenvalue weighted by molar-refractivity contribution is 1.05. The van der Waals surface area contributed by atoms with Gasteiger partial charge in [-0.05, 0) is 25.0 Å². The van der Waals surface area contributed by atoms with Gasteiger partial charge in [0.25, 0.3) is 0 Å². The van der Waals surface area contributed by atoms with E-state index in [4.69, 9.17) is 5.73 Å². The summed E-state index contributed by atoms with van der Waals surface area (Å²) in [6, 6.07) is 8.12. The maximum Gasteiger partial charge on any atom is 0.153 e. The molecule has 0 radical (unpaired) electrons. The number of rotatable bonds is 3. The van der Waals surface area contributed by atoms with E-state index in [2.05, 4.69) is 42.9 Å². The van der Waals surface area contributed by atoms with Crippen LogP contribution in [0.15, 0.2) is 30.5 Å². The third kappa shape index (κ3) is 2.57. The Balaban J connectivity index is 1.63. The van der Waals surface area contributed by atoms with Crippen LogP contribution in [-0.4, -0.2) is 26.7 Å². The van der Waals surface area contributed by atoms with Gasteiger partial charge >= 0.3 is 0 Å². The van der Waals surface area contributed by atoms with Gasteiger partial charge in [-0.15, -0.1) is 0 Å². The molecule has 0 aliphatic carbocycles. The number of nitrogens with zero attached hydrogens (tertiary/aromatic N) is 3. The standard InChI is InChI=1S/C16H17N7/c1-9-6-13(23-22-9)20-14-8-19-15(16(17)21-14)11-3-2-10-4-5-18-12(10)7-11/h2-3,6-8,18H,4-5H2,1H3,(H4,17,20,21,22,23). The molecule has 5 N–H and O–H groups in total. The molecule has 0 spiro atoms. The van der Waals surface area contributed by atoms with Crippen molar-refractivity contribution in [1.82, 2.24) is 20.2 Å². The maximum absolute atomic E-state index is 6.10. The van der Waals surface area contributed by atoms with Crippen molar-refractivity contribution in [2.24, 2.45) is 0 Å². The minimum Gasteiger partial charge on any atom is -0.384 e. The quantitative estimate of drug-likeness (QED) is 0.592. The van der Waals surface area contributed by atoms with Crippen LogP contribution in [0.25, 0.3) is 11.3 Å². The van der Waals surface area contributed by atoms with Gasteiger partial charge in [0.1, 0.15) is 5.69 Å². The van der Waals surface area contributed by atoms with Crippen LogP contribution in [-0.2, 0) is 6.42 Å². The fraction of sp³-hybridized carbons (Fsp3) is 0.188. The molecular weight excluding hydrogens is 290 g/mol. The molecule has 0 saturated heterocycles. The highest BCUT2D eigenvalue weighted by atomic mass is 15.2. The molecule has 2 aromatic heterocycles. The van der Waals surface area contributed by atoms with Gasteiger partial charge in [-0.1, -0.05) is 12.1 Å². The first-order valence-corrected chi connectivity index (χ1v) is 7.48. The maximum atomic E-state index is 6.10. The first-order valence-electron chi connectivity index (χ1n) is 7.48. The normalized spacial score (nSPS) is 12.7. The van der Waals surface area contributed by atoms with E-state index in [1.54, 1.807) is 6.20 Å². The summed E-state index contributed by atoms with van der Waals surface area (Å²) in [5, 5.41) is 13.4. The van der Waals surface area contributed by atoms with Gasteiger partial charge < -0.3 is 16.4 Å². The van der Waals surface area contributed by atoms with Crippen molar-refractivity contribution in [3.05, 3.63) is 41.7 Å². The summed E-state index contributed by atoms with van der Waals surface area (Å²) < 4.78 is 0. The molecule has 0 amide bonds. The molecule has 7 heteroatoms. The Morgan fingerprint density at radius 3 is 2.91 bits per heavy atom. The van der Waals surface area contributed by atoms with E-state index >= 15 is 0 Å². The average Bonchev–Trinajstić information content (AvgIpc) is 3.15. The second-order valence-electron chi connectivity index (χ2n) is 5.60. The number of nitrogens with two attached hydrogens (primary N) is 1. The number of hydrogen-bond donors (Lipinski definition) is 4. The fourth-order valence-electron chi connectivity index (χ4n) is 2.74. The summed E-state index contributed by atoms with van der Waals surface area (Å²) in [5.41, 5.74) is 11.2. The van der Waals surface area contributed by atoms with E-state index in [1.807, 2.05) is 19.1 Å². The van der Waals surface area contributed by atoms with E-state index in [-0.39, 0.29) is 0 Å². The molecule has 4 rings (SSSR count). The van der Waals surface area contributed by atoms with Crippen LogP contribution in [0.1, 0.15) is 11.3 Å². The van der Waals surface area contributed by atoms with Gasteiger partial charge in [-0.2, -0.15) is 5.10 Å². The molecule has 1 aliphatic rings. The van der Waals surface area contributed by atoms with E-state index in [9.17, 15) is 0 Å². The predicted octanol–water partition coefficient (Wildman–Crippen LogP) is 2.47. The van der Waals surface area contributed by atoms with Gasteiger partial charge in [0.2, 0.25) is 0 Å². The summed E-state index contributed by atoms with van der Waals surface area (Å²) in [5.74, 6) is 1.64. The SMILES string of the molecule is Cc1cc(Nc2cnc(-c3ccc4c(c3)NCC4)c(N)n2)n[nH]1. The van der Waals surface area contributed by atoms with Gasteiger partial charge in [-0.25, -0.2) is 9.97 Å². The lowest BCUT2D eigenvalue weighted by Gasteiger charge is -2.09. The number of benzene rings is 1. The molecule has 0 atom stereocenters. The number of nitrogen functional groups attached to an aromatic ring is 1. The summed E-state index contributed by atoms with van der Waals surface area (Å²) in [7, 11) is 0. The number of anilines is 4. The number of fused-ring (bicyclic) bond motifs is 1. The van der Waals surface area contributed by atoms with E-state index in [1.165, 1.54) is 5.56 Å². The number of aryl methyl sites for hydroxylation is 1. The van der Waals surface area contributed by atoms with Crippen molar-refractivity contribution in [3.8, 4) is 11.3 Å². The fourth-order valence-corrected chi connectivity index (χ4v) is 2.74. The molecule has 1 aromatic carbocycles.